The van der Waals surface area contributed by atoms with Gasteiger partial charge in [0.05, 0.1) is 30.3 Å². The van der Waals surface area contributed by atoms with E-state index >= 15 is 0 Å². The van der Waals surface area contributed by atoms with Crippen LogP contribution in [-0.2, 0) is 4.79 Å². The molecule has 2 aliphatic heterocycles. The van der Waals surface area contributed by atoms with E-state index in [1.54, 1.807) is 18.2 Å². The number of benzene rings is 2. The molecule has 0 aliphatic carbocycles. The SMILES string of the molecule is COc1ccc(C(=O)NC2CCN(C(=O)CN3C(=O)c4ccc([N+](=O)[O-])cc4C3=O)CC2)cc1OC. The number of hydrogen-bond donors (Lipinski definition) is 1. The Balaban J connectivity index is 1.32. The molecule has 36 heavy (non-hydrogen) atoms. The van der Waals surface area contributed by atoms with E-state index in [1.165, 1.54) is 25.2 Å². The fourth-order valence-electron chi connectivity index (χ4n) is 4.29. The summed E-state index contributed by atoms with van der Waals surface area (Å²) in [5, 5.41) is 13.9. The first-order chi connectivity index (χ1) is 17.2. The Kier molecular flexibility index (Phi) is 6.86. The Morgan fingerprint density at radius 3 is 2.31 bits per heavy atom. The molecular weight excluding hydrogens is 472 g/mol. The van der Waals surface area contributed by atoms with Gasteiger partial charge in [0.1, 0.15) is 6.54 Å². The van der Waals surface area contributed by atoms with E-state index in [2.05, 4.69) is 5.32 Å². The second kappa shape index (κ2) is 10.0. The summed E-state index contributed by atoms with van der Waals surface area (Å²) < 4.78 is 10.4. The first-order valence-electron chi connectivity index (χ1n) is 11.2. The number of ether oxygens (including phenoxy) is 2. The second-order valence-electron chi connectivity index (χ2n) is 8.38. The number of fused-ring (bicyclic) bond motifs is 1. The van der Waals surface area contributed by atoms with Crippen molar-refractivity contribution in [2.24, 2.45) is 0 Å². The third kappa shape index (κ3) is 4.69. The van der Waals surface area contributed by atoms with Crippen molar-refractivity contribution in [1.29, 1.82) is 0 Å². The highest BCUT2D eigenvalue weighted by Crippen LogP contribution is 2.28. The van der Waals surface area contributed by atoms with Crippen LogP contribution in [0.15, 0.2) is 36.4 Å². The van der Waals surface area contributed by atoms with Gasteiger partial charge in [-0.25, -0.2) is 0 Å². The van der Waals surface area contributed by atoms with Crippen molar-refractivity contribution in [2.75, 3.05) is 33.9 Å². The van der Waals surface area contributed by atoms with Crippen LogP contribution in [0, 0.1) is 10.1 Å². The summed E-state index contributed by atoms with van der Waals surface area (Å²) in [6, 6.07) is 8.13. The van der Waals surface area contributed by atoms with Crippen molar-refractivity contribution in [3.8, 4) is 11.5 Å². The van der Waals surface area contributed by atoms with Gasteiger partial charge in [0.25, 0.3) is 23.4 Å². The molecule has 0 aromatic heterocycles. The van der Waals surface area contributed by atoms with Crippen LogP contribution in [0.3, 0.4) is 0 Å². The maximum absolute atomic E-state index is 12.8. The van der Waals surface area contributed by atoms with Gasteiger partial charge >= 0.3 is 0 Å². The van der Waals surface area contributed by atoms with Crippen molar-refractivity contribution in [3.05, 3.63) is 63.2 Å². The summed E-state index contributed by atoms with van der Waals surface area (Å²) in [5.74, 6) is -1.13. The number of amides is 4. The Bertz CT molecular complexity index is 1250. The van der Waals surface area contributed by atoms with Gasteiger partial charge in [-0.15, -0.1) is 0 Å². The normalized spacial score (nSPS) is 15.5. The van der Waals surface area contributed by atoms with Crippen molar-refractivity contribution in [3.63, 3.8) is 0 Å². The summed E-state index contributed by atoms with van der Waals surface area (Å²) in [5.41, 5.74) is 0.0610. The third-order valence-corrected chi connectivity index (χ3v) is 6.29. The zero-order valence-corrected chi connectivity index (χ0v) is 19.7. The van der Waals surface area contributed by atoms with Crippen LogP contribution in [0.4, 0.5) is 5.69 Å². The van der Waals surface area contributed by atoms with Gasteiger partial charge in [-0.3, -0.25) is 34.2 Å². The molecule has 0 unspecified atom stereocenters. The molecule has 1 saturated heterocycles. The number of carbonyl (C=O) groups excluding carboxylic acids is 4. The maximum Gasteiger partial charge on any atom is 0.270 e. The quantitative estimate of drug-likeness (QED) is 0.345. The van der Waals surface area contributed by atoms with Gasteiger partial charge < -0.3 is 19.7 Å². The molecule has 0 radical (unpaired) electrons. The molecule has 0 spiro atoms. The third-order valence-electron chi connectivity index (χ3n) is 6.29. The number of nitro groups is 1. The second-order valence-corrected chi connectivity index (χ2v) is 8.38. The number of non-ortho nitro benzene ring substituents is 1. The van der Waals surface area contributed by atoms with Crippen LogP contribution in [0.2, 0.25) is 0 Å². The van der Waals surface area contributed by atoms with E-state index in [-0.39, 0.29) is 28.8 Å². The van der Waals surface area contributed by atoms with Gasteiger partial charge in [-0.1, -0.05) is 0 Å². The summed E-state index contributed by atoms with van der Waals surface area (Å²) in [6.45, 7) is 0.220. The number of nitro benzene ring substituents is 1. The van der Waals surface area contributed by atoms with E-state index in [9.17, 15) is 29.3 Å². The molecule has 12 nitrogen and oxygen atoms in total. The van der Waals surface area contributed by atoms with E-state index in [1.807, 2.05) is 0 Å². The lowest BCUT2D eigenvalue weighted by molar-refractivity contribution is -0.384. The number of carbonyl (C=O) groups is 4. The van der Waals surface area contributed by atoms with Gasteiger partial charge in [-0.2, -0.15) is 0 Å². The van der Waals surface area contributed by atoms with Crippen LogP contribution >= 0.6 is 0 Å². The highest BCUT2D eigenvalue weighted by Gasteiger charge is 2.39. The average Bonchev–Trinajstić information content (AvgIpc) is 3.12. The van der Waals surface area contributed by atoms with Gasteiger partial charge in [-0.05, 0) is 37.1 Å². The molecule has 4 amide bonds. The Labute approximate surface area is 205 Å². The van der Waals surface area contributed by atoms with E-state index in [0.29, 0.717) is 43.0 Å². The Morgan fingerprint density at radius 1 is 1.00 bits per heavy atom. The molecule has 2 heterocycles. The molecule has 1 N–H and O–H groups in total. The number of rotatable bonds is 7. The summed E-state index contributed by atoms with van der Waals surface area (Å²) in [6.07, 6.45) is 0.998. The topological polar surface area (TPSA) is 148 Å². The number of hydrogen-bond acceptors (Lipinski definition) is 8. The summed E-state index contributed by atoms with van der Waals surface area (Å²) in [7, 11) is 2.99. The molecule has 4 rings (SSSR count). The highest BCUT2D eigenvalue weighted by atomic mass is 16.6. The molecule has 2 aromatic rings. The largest absolute Gasteiger partial charge is 0.493 e. The molecule has 0 atom stereocenters. The highest BCUT2D eigenvalue weighted by molar-refractivity contribution is 6.22. The fraction of sp³-hybridized carbons (Fsp3) is 0.333. The monoisotopic (exact) mass is 496 g/mol. The maximum atomic E-state index is 12.8. The predicted octanol–water partition coefficient (Wildman–Crippen LogP) is 1.63. The van der Waals surface area contributed by atoms with Crippen LogP contribution < -0.4 is 14.8 Å². The molecule has 1 fully saturated rings. The van der Waals surface area contributed by atoms with E-state index in [0.717, 1.165) is 17.0 Å². The first kappa shape index (κ1) is 24.6. The predicted molar refractivity (Wildman–Crippen MR) is 125 cm³/mol. The summed E-state index contributed by atoms with van der Waals surface area (Å²) >= 11 is 0. The first-order valence-corrected chi connectivity index (χ1v) is 11.2. The lowest BCUT2D eigenvalue weighted by Crippen LogP contribution is -2.49. The summed E-state index contributed by atoms with van der Waals surface area (Å²) in [4.78, 5) is 63.4. The lowest BCUT2D eigenvalue weighted by Gasteiger charge is -2.33. The number of nitrogens with one attached hydrogen (secondary N) is 1. The van der Waals surface area contributed by atoms with Crippen LogP contribution in [0.1, 0.15) is 43.9 Å². The van der Waals surface area contributed by atoms with Gasteiger partial charge in [0, 0.05) is 36.8 Å². The zero-order valence-electron chi connectivity index (χ0n) is 19.7. The minimum absolute atomic E-state index is 0.0370. The van der Waals surface area contributed by atoms with Gasteiger partial charge in [0.15, 0.2) is 11.5 Å². The number of likely N-dealkylation sites (tertiary alicyclic amines) is 1. The zero-order chi connectivity index (χ0) is 26.0. The standard InChI is InChI=1S/C24H24N4O8/c1-35-19-6-3-14(11-20(19)36-2)22(30)25-15-7-9-26(10-8-15)21(29)13-27-23(31)17-5-4-16(28(33)34)12-18(17)24(27)32/h3-6,11-12,15H,7-10,13H2,1-2H3,(H,25,30). The van der Waals surface area contributed by atoms with Crippen molar-refractivity contribution >= 4 is 29.3 Å². The van der Waals surface area contributed by atoms with Crippen molar-refractivity contribution < 1.29 is 33.6 Å². The minimum Gasteiger partial charge on any atom is -0.493 e. The Morgan fingerprint density at radius 2 is 1.67 bits per heavy atom. The van der Waals surface area contributed by atoms with Crippen LogP contribution in [-0.4, -0.2) is 78.2 Å². The lowest BCUT2D eigenvalue weighted by atomic mass is 10.0. The fourth-order valence-corrected chi connectivity index (χ4v) is 4.29. The van der Waals surface area contributed by atoms with Crippen molar-refractivity contribution in [2.45, 2.75) is 18.9 Å². The van der Waals surface area contributed by atoms with Crippen LogP contribution in [0.5, 0.6) is 11.5 Å². The number of piperidine rings is 1. The van der Waals surface area contributed by atoms with Crippen molar-refractivity contribution in [1.82, 2.24) is 15.1 Å². The molecular formula is C24H24N4O8. The molecule has 0 bridgehead atoms. The number of methoxy groups -OCH3 is 2. The van der Waals surface area contributed by atoms with Crippen LogP contribution in [0.25, 0.3) is 0 Å². The number of imide groups is 1. The van der Waals surface area contributed by atoms with Gasteiger partial charge in [0.2, 0.25) is 5.91 Å². The minimum atomic E-state index is -0.732. The number of nitrogens with zero attached hydrogens (tertiary/aromatic N) is 3. The molecule has 2 aliphatic rings. The Hall–Kier alpha value is -4.48. The average molecular weight is 496 g/mol. The molecule has 0 saturated carbocycles. The molecule has 12 heteroatoms. The molecule has 2 aromatic carbocycles. The smallest absolute Gasteiger partial charge is 0.270 e. The van der Waals surface area contributed by atoms with E-state index in [4.69, 9.17) is 9.47 Å². The molecule has 188 valence electrons. The van der Waals surface area contributed by atoms with E-state index < -0.39 is 29.2 Å².